The van der Waals surface area contributed by atoms with Crippen LogP contribution in [0.1, 0.15) is 40.0 Å². The Hall–Kier alpha value is -1.83. The van der Waals surface area contributed by atoms with E-state index in [1.807, 2.05) is 26.0 Å². The van der Waals surface area contributed by atoms with E-state index in [4.69, 9.17) is 10.00 Å². The molecule has 20 heavy (non-hydrogen) atoms. The fraction of sp³-hybridized carbons (Fsp3) is 0.667. The molecular weight excluding hydrogens is 256 g/mol. The van der Waals surface area contributed by atoms with Gasteiger partial charge in [0.15, 0.2) is 6.61 Å². The Labute approximate surface area is 120 Å². The molecule has 0 bridgehead atoms. The SMILES string of the molecule is CC(C)[C@](C)(C#N)NC(=O)COC(=O)[C@@H]1CC=CCC1. The predicted octanol–water partition coefficient (Wildman–Crippen LogP) is 1.94. The first kappa shape index (κ1) is 16.2. The van der Waals surface area contributed by atoms with E-state index in [1.54, 1.807) is 6.92 Å². The van der Waals surface area contributed by atoms with Crippen molar-refractivity contribution >= 4 is 11.9 Å². The molecule has 0 aliphatic heterocycles. The highest BCUT2D eigenvalue weighted by atomic mass is 16.5. The highest BCUT2D eigenvalue weighted by Crippen LogP contribution is 2.19. The number of nitrogens with one attached hydrogen (secondary N) is 1. The Kier molecular flexibility index (Phi) is 5.75. The third kappa shape index (κ3) is 4.37. The normalized spacial score (nSPS) is 20.9. The van der Waals surface area contributed by atoms with Gasteiger partial charge in [0.2, 0.25) is 0 Å². The second kappa shape index (κ2) is 7.09. The number of hydrogen-bond donors (Lipinski definition) is 1. The van der Waals surface area contributed by atoms with Gasteiger partial charge < -0.3 is 10.1 Å². The number of carbonyl (C=O) groups excluding carboxylic acids is 2. The summed E-state index contributed by atoms with van der Waals surface area (Å²) < 4.78 is 5.02. The lowest BCUT2D eigenvalue weighted by molar-refractivity contribution is -0.153. The minimum absolute atomic E-state index is 0.0318. The molecule has 0 saturated heterocycles. The molecule has 1 aliphatic rings. The van der Waals surface area contributed by atoms with Crippen molar-refractivity contribution in [1.29, 1.82) is 5.26 Å². The van der Waals surface area contributed by atoms with E-state index in [-0.39, 0.29) is 24.4 Å². The van der Waals surface area contributed by atoms with Crippen LogP contribution in [0.2, 0.25) is 0 Å². The van der Waals surface area contributed by atoms with Crippen LogP contribution in [0.15, 0.2) is 12.2 Å². The fourth-order valence-electron chi connectivity index (χ4n) is 1.89. The number of amides is 1. The number of carbonyl (C=O) groups is 2. The van der Waals surface area contributed by atoms with Crippen LogP contribution in [-0.4, -0.2) is 24.0 Å². The summed E-state index contributed by atoms with van der Waals surface area (Å²) in [7, 11) is 0. The standard InChI is InChI=1S/C15H22N2O3/c1-11(2)15(3,10-16)17-13(18)9-20-14(19)12-7-5-4-6-8-12/h4-5,11-12H,6-9H2,1-3H3,(H,17,18)/t12-,15+/m1/s1. The minimum Gasteiger partial charge on any atom is -0.455 e. The van der Waals surface area contributed by atoms with Gasteiger partial charge >= 0.3 is 5.97 Å². The Morgan fingerprint density at radius 1 is 1.50 bits per heavy atom. The molecule has 0 saturated carbocycles. The van der Waals surface area contributed by atoms with E-state index >= 15 is 0 Å². The zero-order valence-corrected chi connectivity index (χ0v) is 12.3. The molecule has 0 aromatic heterocycles. The van der Waals surface area contributed by atoms with Gasteiger partial charge in [-0.2, -0.15) is 5.26 Å². The molecule has 1 aliphatic carbocycles. The topological polar surface area (TPSA) is 79.2 Å². The van der Waals surface area contributed by atoms with Crippen molar-refractivity contribution in [3.05, 3.63) is 12.2 Å². The first-order chi connectivity index (χ1) is 9.39. The molecule has 1 amide bonds. The van der Waals surface area contributed by atoms with Crippen LogP contribution >= 0.6 is 0 Å². The van der Waals surface area contributed by atoms with Gasteiger partial charge in [-0.15, -0.1) is 0 Å². The third-order valence-electron chi connectivity index (χ3n) is 3.73. The second-order valence-corrected chi connectivity index (χ2v) is 5.61. The van der Waals surface area contributed by atoms with Gasteiger partial charge in [0.25, 0.3) is 5.91 Å². The Morgan fingerprint density at radius 2 is 2.20 bits per heavy atom. The Balaban J connectivity index is 2.42. The van der Waals surface area contributed by atoms with E-state index in [2.05, 4.69) is 11.4 Å². The summed E-state index contributed by atoms with van der Waals surface area (Å²) in [5, 5.41) is 11.7. The predicted molar refractivity (Wildman–Crippen MR) is 74.4 cm³/mol. The smallest absolute Gasteiger partial charge is 0.309 e. The highest BCUT2D eigenvalue weighted by Gasteiger charge is 2.30. The van der Waals surface area contributed by atoms with Crippen molar-refractivity contribution in [2.45, 2.75) is 45.6 Å². The average molecular weight is 278 g/mol. The molecule has 5 heteroatoms. The summed E-state index contributed by atoms with van der Waals surface area (Å²) in [5.41, 5.74) is -0.947. The largest absolute Gasteiger partial charge is 0.455 e. The van der Waals surface area contributed by atoms with Crippen LogP contribution in [0.5, 0.6) is 0 Å². The Bertz CT molecular complexity index is 437. The lowest BCUT2D eigenvalue weighted by Gasteiger charge is -2.27. The molecule has 1 N–H and O–H groups in total. The van der Waals surface area contributed by atoms with Crippen LogP contribution < -0.4 is 5.32 Å². The fourth-order valence-corrected chi connectivity index (χ4v) is 1.89. The van der Waals surface area contributed by atoms with Crippen molar-refractivity contribution in [3.8, 4) is 6.07 Å². The van der Waals surface area contributed by atoms with Gasteiger partial charge in [0, 0.05) is 0 Å². The molecule has 2 atom stereocenters. The van der Waals surface area contributed by atoms with Gasteiger partial charge in [0.05, 0.1) is 12.0 Å². The third-order valence-corrected chi connectivity index (χ3v) is 3.73. The molecule has 1 rings (SSSR count). The van der Waals surface area contributed by atoms with Gasteiger partial charge in [-0.1, -0.05) is 26.0 Å². The number of hydrogen-bond acceptors (Lipinski definition) is 4. The van der Waals surface area contributed by atoms with E-state index in [0.29, 0.717) is 6.42 Å². The molecular formula is C15H22N2O3. The maximum atomic E-state index is 11.8. The number of ether oxygens (including phenoxy) is 1. The molecule has 0 aromatic rings. The van der Waals surface area contributed by atoms with Gasteiger partial charge in [-0.25, -0.2) is 0 Å². The summed E-state index contributed by atoms with van der Waals surface area (Å²) in [6.45, 7) is 5.03. The summed E-state index contributed by atoms with van der Waals surface area (Å²) in [6.07, 6.45) is 6.30. The maximum absolute atomic E-state index is 11.8. The van der Waals surface area contributed by atoms with Crippen molar-refractivity contribution in [3.63, 3.8) is 0 Å². The van der Waals surface area contributed by atoms with Crippen molar-refractivity contribution in [1.82, 2.24) is 5.32 Å². The first-order valence-corrected chi connectivity index (χ1v) is 6.93. The van der Waals surface area contributed by atoms with E-state index in [0.717, 1.165) is 12.8 Å². The molecule has 0 aromatic carbocycles. The molecule has 0 unspecified atom stereocenters. The molecule has 0 heterocycles. The maximum Gasteiger partial charge on any atom is 0.309 e. The summed E-state index contributed by atoms with van der Waals surface area (Å²) in [4.78, 5) is 23.5. The van der Waals surface area contributed by atoms with E-state index < -0.39 is 11.4 Å². The summed E-state index contributed by atoms with van der Waals surface area (Å²) in [5.74, 6) is -0.967. The number of rotatable bonds is 5. The van der Waals surface area contributed by atoms with Crippen molar-refractivity contribution < 1.29 is 14.3 Å². The van der Waals surface area contributed by atoms with Crippen LogP contribution in [0.25, 0.3) is 0 Å². The minimum atomic E-state index is -0.947. The molecule has 0 fully saturated rings. The second-order valence-electron chi connectivity index (χ2n) is 5.61. The van der Waals surface area contributed by atoms with E-state index in [9.17, 15) is 9.59 Å². The first-order valence-electron chi connectivity index (χ1n) is 6.93. The quantitative estimate of drug-likeness (QED) is 0.615. The molecule has 0 spiro atoms. The molecule has 5 nitrogen and oxygen atoms in total. The van der Waals surface area contributed by atoms with Crippen molar-refractivity contribution in [2.75, 3.05) is 6.61 Å². The number of allylic oxidation sites excluding steroid dienone is 2. The summed E-state index contributed by atoms with van der Waals surface area (Å²) >= 11 is 0. The number of nitriles is 1. The van der Waals surface area contributed by atoms with Crippen molar-refractivity contribution in [2.24, 2.45) is 11.8 Å². The highest BCUT2D eigenvalue weighted by molar-refractivity contribution is 5.82. The van der Waals surface area contributed by atoms with Crippen LogP contribution in [0.3, 0.4) is 0 Å². The van der Waals surface area contributed by atoms with Crippen LogP contribution in [0, 0.1) is 23.2 Å². The zero-order valence-electron chi connectivity index (χ0n) is 12.3. The molecule has 0 radical (unpaired) electrons. The Morgan fingerprint density at radius 3 is 2.70 bits per heavy atom. The lowest BCUT2D eigenvalue weighted by Crippen LogP contribution is -2.50. The summed E-state index contributed by atoms with van der Waals surface area (Å²) in [6, 6.07) is 2.08. The zero-order chi connectivity index (χ0) is 15.2. The van der Waals surface area contributed by atoms with Gasteiger partial charge in [-0.05, 0) is 32.1 Å². The van der Waals surface area contributed by atoms with Crippen LogP contribution in [0.4, 0.5) is 0 Å². The number of esters is 1. The monoisotopic (exact) mass is 278 g/mol. The van der Waals surface area contributed by atoms with Gasteiger partial charge in [-0.3, -0.25) is 9.59 Å². The van der Waals surface area contributed by atoms with Gasteiger partial charge in [0.1, 0.15) is 5.54 Å². The molecule has 110 valence electrons. The lowest BCUT2D eigenvalue weighted by atomic mass is 9.90. The average Bonchev–Trinajstić information content (AvgIpc) is 2.45. The number of nitrogens with zero attached hydrogens (tertiary/aromatic N) is 1. The van der Waals surface area contributed by atoms with Crippen LogP contribution in [-0.2, 0) is 14.3 Å². The van der Waals surface area contributed by atoms with E-state index in [1.165, 1.54) is 0 Å².